The molecular formula is C14H17N5. The molecule has 98 valence electrons. The zero-order valence-electron chi connectivity index (χ0n) is 11.0. The minimum atomic E-state index is 0.756. The van der Waals surface area contributed by atoms with E-state index >= 15 is 0 Å². The Morgan fingerprint density at radius 2 is 2.16 bits per heavy atom. The summed E-state index contributed by atoms with van der Waals surface area (Å²) in [5, 5.41) is 4.23. The number of aryl methyl sites for hydroxylation is 3. The number of anilines is 1. The topological polar surface area (TPSA) is 61.7 Å². The van der Waals surface area contributed by atoms with Crippen LogP contribution in [0.4, 0.5) is 5.69 Å². The molecule has 2 aromatic heterocycles. The number of imidazole rings is 1. The molecule has 0 saturated carbocycles. The van der Waals surface area contributed by atoms with Crippen molar-refractivity contribution in [1.82, 2.24) is 19.3 Å². The van der Waals surface area contributed by atoms with E-state index in [4.69, 9.17) is 5.73 Å². The van der Waals surface area contributed by atoms with Crippen LogP contribution in [0.3, 0.4) is 0 Å². The lowest BCUT2D eigenvalue weighted by atomic mass is 10.3. The van der Waals surface area contributed by atoms with E-state index in [1.807, 2.05) is 35.1 Å². The van der Waals surface area contributed by atoms with Gasteiger partial charge in [-0.15, -0.1) is 0 Å². The Labute approximate surface area is 111 Å². The lowest BCUT2D eigenvalue weighted by molar-refractivity contribution is 0.529. The highest BCUT2D eigenvalue weighted by atomic mass is 15.3. The average Bonchev–Trinajstić information content (AvgIpc) is 3.02. The molecule has 0 aliphatic heterocycles. The number of fused-ring (bicyclic) bond motifs is 1. The minimum Gasteiger partial charge on any atom is -0.399 e. The Balaban J connectivity index is 1.96. The molecule has 3 aromatic rings. The predicted molar refractivity (Wildman–Crippen MR) is 75.8 cm³/mol. The third kappa shape index (κ3) is 2.19. The van der Waals surface area contributed by atoms with Gasteiger partial charge in [-0.05, 0) is 24.3 Å². The summed E-state index contributed by atoms with van der Waals surface area (Å²) >= 11 is 0. The molecule has 0 unspecified atom stereocenters. The molecule has 2 heterocycles. The first-order chi connectivity index (χ1) is 9.28. The zero-order chi connectivity index (χ0) is 13.2. The SMILES string of the molecule is CCc1nc2cc(N)ccc2n1CCn1cccn1. The van der Waals surface area contributed by atoms with Crippen molar-refractivity contribution in [3.05, 3.63) is 42.5 Å². The van der Waals surface area contributed by atoms with Crippen molar-refractivity contribution in [2.75, 3.05) is 5.73 Å². The number of hydrogen-bond acceptors (Lipinski definition) is 3. The highest BCUT2D eigenvalue weighted by molar-refractivity contribution is 5.79. The Morgan fingerprint density at radius 3 is 2.89 bits per heavy atom. The number of aromatic nitrogens is 4. The highest BCUT2D eigenvalue weighted by Gasteiger charge is 2.09. The standard InChI is InChI=1S/C14H17N5/c1-2-14-17-12-10-11(15)4-5-13(12)19(14)9-8-18-7-3-6-16-18/h3-7,10H,2,8-9,15H2,1H3. The predicted octanol–water partition coefficient (Wildman–Crippen LogP) is 2.08. The van der Waals surface area contributed by atoms with Crippen LogP contribution in [0.5, 0.6) is 0 Å². The maximum atomic E-state index is 5.81. The van der Waals surface area contributed by atoms with Gasteiger partial charge < -0.3 is 10.3 Å². The molecule has 0 saturated heterocycles. The van der Waals surface area contributed by atoms with Gasteiger partial charge in [-0.3, -0.25) is 4.68 Å². The molecule has 0 bridgehead atoms. The first-order valence-corrected chi connectivity index (χ1v) is 6.50. The molecule has 0 radical (unpaired) electrons. The molecule has 0 fully saturated rings. The van der Waals surface area contributed by atoms with Gasteiger partial charge in [0.1, 0.15) is 5.82 Å². The Kier molecular flexibility index (Phi) is 2.95. The van der Waals surface area contributed by atoms with E-state index in [1.165, 1.54) is 0 Å². The first-order valence-electron chi connectivity index (χ1n) is 6.50. The summed E-state index contributed by atoms with van der Waals surface area (Å²) in [6.07, 6.45) is 4.68. The Bertz CT molecular complexity index is 681. The van der Waals surface area contributed by atoms with Crippen molar-refractivity contribution in [1.29, 1.82) is 0 Å². The van der Waals surface area contributed by atoms with Crippen molar-refractivity contribution < 1.29 is 0 Å². The van der Waals surface area contributed by atoms with Gasteiger partial charge in [0.2, 0.25) is 0 Å². The van der Waals surface area contributed by atoms with E-state index in [0.29, 0.717) is 0 Å². The van der Waals surface area contributed by atoms with Crippen molar-refractivity contribution in [3.8, 4) is 0 Å². The molecule has 3 rings (SSSR count). The van der Waals surface area contributed by atoms with Gasteiger partial charge in [-0.1, -0.05) is 6.92 Å². The van der Waals surface area contributed by atoms with Crippen molar-refractivity contribution in [2.45, 2.75) is 26.4 Å². The zero-order valence-corrected chi connectivity index (χ0v) is 11.0. The summed E-state index contributed by atoms with van der Waals surface area (Å²) in [6, 6.07) is 7.83. The quantitative estimate of drug-likeness (QED) is 0.726. The van der Waals surface area contributed by atoms with Crippen LogP contribution < -0.4 is 5.73 Å². The van der Waals surface area contributed by atoms with Gasteiger partial charge in [0.15, 0.2) is 0 Å². The van der Waals surface area contributed by atoms with Crippen LogP contribution in [-0.4, -0.2) is 19.3 Å². The van der Waals surface area contributed by atoms with Crippen molar-refractivity contribution in [3.63, 3.8) is 0 Å². The number of benzene rings is 1. The molecule has 0 aliphatic rings. The van der Waals surface area contributed by atoms with Gasteiger partial charge in [0.25, 0.3) is 0 Å². The van der Waals surface area contributed by atoms with Crippen LogP contribution in [0.15, 0.2) is 36.7 Å². The summed E-state index contributed by atoms with van der Waals surface area (Å²) in [7, 11) is 0. The smallest absolute Gasteiger partial charge is 0.109 e. The van der Waals surface area contributed by atoms with Crippen LogP contribution in [0.2, 0.25) is 0 Å². The monoisotopic (exact) mass is 255 g/mol. The highest BCUT2D eigenvalue weighted by Crippen LogP contribution is 2.19. The summed E-state index contributed by atoms with van der Waals surface area (Å²) in [4.78, 5) is 4.65. The van der Waals surface area contributed by atoms with Crippen LogP contribution in [0.1, 0.15) is 12.7 Å². The van der Waals surface area contributed by atoms with E-state index in [2.05, 4.69) is 21.6 Å². The van der Waals surface area contributed by atoms with Crippen LogP contribution >= 0.6 is 0 Å². The molecule has 1 aromatic carbocycles. The van der Waals surface area contributed by atoms with Crippen molar-refractivity contribution >= 4 is 16.7 Å². The normalized spacial score (nSPS) is 11.2. The molecular weight excluding hydrogens is 238 g/mol. The first kappa shape index (κ1) is 11.8. The molecule has 5 nitrogen and oxygen atoms in total. The van der Waals surface area contributed by atoms with E-state index < -0.39 is 0 Å². The number of hydrogen-bond donors (Lipinski definition) is 1. The molecule has 0 aliphatic carbocycles. The lowest BCUT2D eigenvalue weighted by Crippen LogP contribution is -2.10. The van der Waals surface area contributed by atoms with Crippen LogP contribution in [0, 0.1) is 0 Å². The number of nitrogens with two attached hydrogens (primary N) is 1. The molecule has 0 spiro atoms. The number of nitrogens with zero attached hydrogens (tertiary/aromatic N) is 4. The van der Waals surface area contributed by atoms with Gasteiger partial charge in [-0.25, -0.2) is 4.98 Å². The van der Waals surface area contributed by atoms with Crippen molar-refractivity contribution in [2.24, 2.45) is 0 Å². The summed E-state index contributed by atoms with van der Waals surface area (Å²) in [6.45, 7) is 3.83. The number of rotatable bonds is 4. The van der Waals surface area contributed by atoms with E-state index in [9.17, 15) is 0 Å². The third-order valence-corrected chi connectivity index (χ3v) is 3.28. The lowest BCUT2D eigenvalue weighted by Gasteiger charge is -2.08. The average molecular weight is 255 g/mol. The third-order valence-electron chi connectivity index (χ3n) is 3.28. The Morgan fingerprint density at radius 1 is 1.26 bits per heavy atom. The fourth-order valence-corrected chi connectivity index (χ4v) is 2.35. The summed E-state index contributed by atoms with van der Waals surface area (Å²) in [5.41, 5.74) is 8.68. The van der Waals surface area contributed by atoms with E-state index in [-0.39, 0.29) is 0 Å². The molecule has 0 atom stereocenters. The fourth-order valence-electron chi connectivity index (χ4n) is 2.35. The largest absolute Gasteiger partial charge is 0.399 e. The van der Waals surface area contributed by atoms with Gasteiger partial charge in [0.05, 0.1) is 17.6 Å². The minimum absolute atomic E-state index is 0.756. The molecule has 2 N–H and O–H groups in total. The van der Waals surface area contributed by atoms with Crippen LogP contribution in [0.25, 0.3) is 11.0 Å². The van der Waals surface area contributed by atoms with Gasteiger partial charge in [0, 0.05) is 31.0 Å². The second-order valence-electron chi connectivity index (χ2n) is 4.55. The van der Waals surface area contributed by atoms with Gasteiger partial charge >= 0.3 is 0 Å². The Hall–Kier alpha value is -2.30. The summed E-state index contributed by atoms with van der Waals surface area (Å²) in [5.74, 6) is 1.09. The molecule has 5 heteroatoms. The second-order valence-corrected chi connectivity index (χ2v) is 4.55. The maximum absolute atomic E-state index is 5.81. The van der Waals surface area contributed by atoms with Crippen LogP contribution in [-0.2, 0) is 19.5 Å². The number of nitrogen functional groups attached to an aromatic ring is 1. The maximum Gasteiger partial charge on any atom is 0.109 e. The summed E-state index contributed by atoms with van der Waals surface area (Å²) < 4.78 is 4.18. The van der Waals surface area contributed by atoms with Gasteiger partial charge in [-0.2, -0.15) is 5.10 Å². The fraction of sp³-hybridized carbons (Fsp3) is 0.286. The van der Waals surface area contributed by atoms with E-state index in [0.717, 1.165) is 42.1 Å². The molecule has 19 heavy (non-hydrogen) atoms. The van der Waals surface area contributed by atoms with E-state index in [1.54, 1.807) is 6.20 Å². The second kappa shape index (κ2) is 4.76. The molecule has 0 amide bonds.